The van der Waals surface area contributed by atoms with Crippen molar-refractivity contribution in [1.82, 2.24) is 4.57 Å². The molecule has 2 N–H and O–H groups in total. The first-order valence-electron chi connectivity index (χ1n) is 4.12. The number of aliphatic hydroxyl groups is 1. The number of phenols is 1. The molecule has 0 aliphatic carbocycles. The van der Waals surface area contributed by atoms with E-state index in [1.54, 1.807) is 12.1 Å². The van der Waals surface area contributed by atoms with Crippen LogP contribution in [-0.2, 0) is 0 Å². The quantitative estimate of drug-likeness (QED) is 0.746. The van der Waals surface area contributed by atoms with E-state index < -0.39 is 6.23 Å². The van der Waals surface area contributed by atoms with Crippen molar-refractivity contribution in [3.63, 3.8) is 0 Å². The number of benzene rings is 1. The van der Waals surface area contributed by atoms with Crippen molar-refractivity contribution in [2.24, 2.45) is 0 Å². The first kappa shape index (κ1) is 9.23. The van der Waals surface area contributed by atoms with E-state index in [1.807, 2.05) is 0 Å². The minimum Gasteiger partial charge on any atom is -0.506 e. The third-order valence-electron chi connectivity index (χ3n) is 1.99. The smallest absolute Gasteiger partial charge is 0.310 e. The molecule has 1 aromatic heterocycles. The van der Waals surface area contributed by atoms with Crippen LogP contribution in [-0.4, -0.2) is 14.8 Å². The topological polar surface area (TPSA) is 62.5 Å². The second kappa shape index (κ2) is 3.11. The molecule has 0 amide bonds. The van der Waals surface area contributed by atoms with Crippen LogP contribution in [0, 0.1) is 0 Å². The molecule has 0 aliphatic heterocycles. The van der Waals surface area contributed by atoms with E-state index in [0.29, 0.717) is 10.2 Å². The standard InChI is InChI=1S/C9H9NO3S/c1-5(11)10-8-6(12)3-2-4-7(8)14-9(10)13/h2-5,11-12H,1H3. The average molecular weight is 211 g/mol. The molecule has 0 radical (unpaired) electrons. The fourth-order valence-corrected chi connectivity index (χ4v) is 2.39. The molecule has 0 aliphatic rings. The molecule has 2 rings (SSSR count). The number of aromatic nitrogens is 1. The summed E-state index contributed by atoms with van der Waals surface area (Å²) in [7, 11) is 0. The molecule has 14 heavy (non-hydrogen) atoms. The number of rotatable bonds is 1. The molecular weight excluding hydrogens is 202 g/mol. The number of aliphatic hydroxyl groups excluding tert-OH is 1. The number of hydrogen-bond donors (Lipinski definition) is 2. The Bertz CT molecular complexity index is 526. The van der Waals surface area contributed by atoms with Gasteiger partial charge in [0.05, 0.1) is 4.70 Å². The van der Waals surface area contributed by atoms with Crippen LogP contribution in [0.2, 0.25) is 0 Å². The van der Waals surface area contributed by atoms with Crippen LogP contribution < -0.4 is 4.87 Å². The van der Waals surface area contributed by atoms with E-state index in [2.05, 4.69) is 0 Å². The summed E-state index contributed by atoms with van der Waals surface area (Å²) in [4.78, 5) is 11.2. The molecule has 0 spiro atoms. The number of para-hydroxylation sites is 1. The van der Waals surface area contributed by atoms with Gasteiger partial charge in [0.15, 0.2) is 0 Å². The Morgan fingerprint density at radius 1 is 1.50 bits per heavy atom. The van der Waals surface area contributed by atoms with Gasteiger partial charge in [0, 0.05) is 0 Å². The molecule has 74 valence electrons. The molecule has 0 saturated heterocycles. The van der Waals surface area contributed by atoms with E-state index >= 15 is 0 Å². The SMILES string of the molecule is CC(O)n1c(=O)sc2cccc(O)c21. The Balaban J connectivity index is 2.94. The Hall–Kier alpha value is -1.33. The zero-order chi connectivity index (χ0) is 10.3. The largest absolute Gasteiger partial charge is 0.506 e. The Morgan fingerprint density at radius 3 is 2.86 bits per heavy atom. The Labute approximate surface area is 83.7 Å². The van der Waals surface area contributed by atoms with Crippen LogP contribution in [0.4, 0.5) is 0 Å². The molecule has 1 atom stereocenters. The maximum Gasteiger partial charge on any atom is 0.310 e. The second-order valence-corrected chi connectivity index (χ2v) is 3.99. The summed E-state index contributed by atoms with van der Waals surface area (Å²) in [6, 6.07) is 4.90. The molecule has 1 unspecified atom stereocenters. The Kier molecular flexibility index (Phi) is 2.05. The molecule has 1 heterocycles. The number of fused-ring (bicyclic) bond motifs is 1. The summed E-state index contributed by atoms with van der Waals surface area (Å²) in [5.41, 5.74) is 0.400. The van der Waals surface area contributed by atoms with Crippen LogP contribution in [0.5, 0.6) is 5.75 Å². The summed E-state index contributed by atoms with van der Waals surface area (Å²) in [5, 5.41) is 18.9. The fourth-order valence-electron chi connectivity index (χ4n) is 1.41. The van der Waals surface area contributed by atoms with E-state index in [-0.39, 0.29) is 10.6 Å². The minimum absolute atomic E-state index is 0.0155. The van der Waals surface area contributed by atoms with Crippen molar-refractivity contribution in [1.29, 1.82) is 0 Å². The predicted octanol–water partition coefficient (Wildman–Crippen LogP) is 1.28. The van der Waals surface area contributed by atoms with E-state index in [1.165, 1.54) is 17.6 Å². The third-order valence-corrected chi connectivity index (χ3v) is 2.91. The highest BCUT2D eigenvalue weighted by Crippen LogP contribution is 2.27. The maximum atomic E-state index is 11.4. The summed E-state index contributed by atoms with van der Waals surface area (Å²) in [6.45, 7) is 1.49. The summed E-state index contributed by atoms with van der Waals surface area (Å²) in [5.74, 6) is 0.0155. The third kappa shape index (κ3) is 1.21. The van der Waals surface area contributed by atoms with Crippen molar-refractivity contribution in [3.8, 4) is 5.75 Å². The van der Waals surface area contributed by atoms with E-state index in [9.17, 15) is 15.0 Å². The van der Waals surface area contributed by atoms with Crippen molar-refractivity contribution < 1.29 is 10.2 Å². The summed E-state index contributed by atoms with van der Waals surface area (Å²) < 4.78 is 1.85. The molecule has 5 heteroatoms. The Morgan fingerprint density at radius 2 is 2.21 bits per heavy atom. The van der Waals surface area contributed by atoms with Gasteiger partial charge in [0.2, 0.25) is 0 Å². The number of hydrogen-bond acceptors (Lipinski definition) is 4. The maximum absolute atomic E-state index is 11.4. The van der Waals surface area contributed by atoms with Gasteiger partial charge in [-0.3, -0.25) is 9.36 Å². The lowest BCUT2D eigenvalue weighted by molar-refractivity contribution is 0.126. The highest BCUT2D eigenvalue weighted by Gasteiger charge is 2.13. The van der Waals surface area contributed by atoms with Gasteiger partial charge in [-0.05, 0) is 19.1 Å². The van der Waals surface area contributed by atoms with Gasteiger partial charge in [-0.15, -0.1) is 0 Å². The van der Waals surface area contributed by atoms with Crippen LogP contribution in [0.3, 0.4) is 0 Å². The summed E-state index contributed by atoms with van der Waals surface area (Å²) >= 11 is 1.01. The van der Waals surface area contributed by atoms with Gasteiger partial charge < -0.3 is 10.2 Å². The predicted molar refractivity (Wildman–Crippen MR) is 54.7 cm³/mol. The lowest BCUT2D eigenvalue weighted by Gasteiger charge is -2.06. The van der Waals surface area contributed by atoms with Crippen LogP contribution in [0.25, 0.3) is 10.2 Å². The van der Waals surface area contributed by atoms with Crippen LogP contribution in [0.1, 0.15) is 13.2 Å². The number of nitrogens with zero attached hydrogens (tertiary/aromatic N) is 1. The normalized spacial score (nSPS) is 13.3. The molecular formula is C9H9NO3S. The first-order chi connectivity index (χ1) is 6.61. The molecule has 0 saturated carbocycles. The van der Waals surface area contributed by atoms with Gasteiger partial charge in [-0.1, -0.05) is 17.4 Å². The average Bonchev–Trinajstić information content (AvgIpc) is 2.42. The minimum atomic E-state index is -0.926. The molecule has 0 bridgehead atoms. The van der Waals surface area contributed by atoms with Gasteiger partial charge in [0.1, 0.15) is 17.5 Å². The van der Waals surface area contributed by atoms with E-state index in [0.717, 1.165) is 11.3 Å². The summed E-state index contributed by atoms with van der Waals surface area (Å²) in [6.07, 6.45) is -0.926. The molecule has 0 fully saturated rings. The lowest BCUT2D eigenvalue weighted by atomic mass is 10.3. The van der Waals surface area contributed by atoms with Crippen molar-refractivity contribution in [2.45, 2.75) is 13.2 Å². The van der Waals surface area contributed by atoms with Gasteiger partial charge in [0.25, 0.3) is 0 Å². The number of phenolic OH excluding ortho intramolecular Hbond substituents is 1. The van der Waals surface area contributed by atoms with Crippen molar-refractivity contribution in [3.05, 3.63) is 27.9 Å². The van der Waals surface area contributed by atoms with Crippen molar-refractivity contribution in [2.75, 3.05) is 0 Å². The van der Waals surface area contributed by atoms with Gasteiger partial charge in [-0.25, -0.2) is 0 Å². The number of aromatic hydroxyl groups is 1. The van der Waals surface area contributed by atoms with E-state index in [4.69, 9.17) is 0 Å². The molecule has 1 aromatic carbocycles. The first-order valence-corrected chi connectivity index (χ1v) is 4.94. The van der Waals surface area contributed by atoms with Crippen LogP contribution >= 0.6 is 11.3 Å². The monoisotopic (exact) mass is 211 g/mol. The number of thiazole rings is 1. The van der Waals surface area contributed by atoms with Crippen LogP contribution in [0.15, 0.2) is 23.0 Å². The second-order valence-electron chi connectivity index (χ2n) is 2.99. The van der Waals surface area contributed by atoms with Gasteiger partial charge in [-0.2, -0.15) is 0 Å². The zero-order valence-corrected chi connectivity index (χ0v) is 8.28. The highest BCUT2D eigenvalue weighted by molar-refractivity contribution is 7.16. The lowest BCUT2D eigenvalue weighted by Crippen LogP contribution is -2.16. The van der Waals surface area contributed by atoms with Crippen molar-refractivity contribution >= 4 is 21.6 Å². The fraction of sp³-hybridized carbons (Fsp3) is 0.222. The zero-order valence-electron chi connectivity index (χ0n) is 7.47. The highest BCUT2D eigenvalue weighted by atomic mass is 32.1. The molecule has 2 aromatic rings. The van der Waals surface area contributed by atoms with Gasteiger partial charge >= 0.3 is 4.87 Å². The molecule has 4 nitrogen and oxygen atoms in total.